The number of hydrogen-bond acceptors (Lipinski definition) is 8. The van der Waals surface area contributed by atoms with Gasteiger partial charge in [0.15, 0.2) is 0 Å². The van der Waals surface area contributed by atoms with Crippen LogP contribution in [0.1, 0.15) is 82.5 Å². The molecule has 280 valence electrons. The van der Waals surface area contributed by atoms with E-state index in [0.717, 1.165) is 63.8 Å². The zero-order chi connectivity index (χ0) is 37.9. The average Bonchev–Trinajstić information content (AvgIpc) is 3.76. The molecule has 13 heteroatoms. The number of amides is 3. The topological polar surface area (TPSA) is 137 Å². The largest absolute Gasteiger partial charge is 0.391 e. The summed E-state index contributed by atoms with van der Waals surface area (Å²) in [6.45, 7) is 10.1. The number of hydrogen-bond donors (Lipinski definition) is 4. The number of aliphatic hydroxyl groups is 1. The number of rotatable bonds is 11. The monoisotopic (exact) mass is 740 g/mol. The predicted molar refractivity (Wildman–Crippen MR) is 207 cm³/mol. The molecule has 2 aromatic carbocycles. The SMILES string of the molecule is Cc1ncsc1-c1ccc(CNC(=O)C2CC(O)CN2C(=O)C(NBNC(=O)C(C)C2CCC(c3ccnc4ccc(F)cc34)CC2)C(C)(C)C)cc1. The van der Waals surface area contributed by atoms with Gasteiger partial charge in [-0.05, 0) is 90.8 Å². The molecule has 4 atom stereocenters. The third-order valence-corrected chi connectivity index (χ3v) is 12.0. The number of pyridine rings is 1. The van der Waals surface area contributed by atoms with Crippen LogP contribution in [0.4, 0.5) is 4.39 Å². The molecule has 3 heterocycles. The fourth-order valence-electron chi connectivity index (χ4n) is 7.94. The second kappa shape index (κ2) is 16.4. The maximum absolute atomic E-state index is 14.1. The highest BCUT2D eigenvalue weighted by atomic mass is 32.1. The van der Waals surface area contributed by atoms with E-state index >= 15 is 0 Å². The number of nitrogens with zero attached hydrogens (tertiary/aromatic N) is 3. The highest BCUT2D eigenvalue weighted by Gasteiger charge is 2.44. The van der Waals surface area contributed by atoms with Crippen molar-refractivity contribution in [3.05, 3.63) is 82.9 Å². The maximum Gasteiger partial charge on any atom is 0.321 e. The molecule has 6 rings (SSSR count). The third-order valence-electron chi connectivity index (χ3n) is 11.0. The molecule has 4 N–H and O–H groups in total. The lowest BCUT2D eigenvalue weighted by atomic mass is 9.73. The van der Waals surface area contributed by atoms with Gasteiger partial charge in [0.05, 0.1) is 33.7 Å². The second-order valence-electron chi connectivity index (χ2n) is 15.8. The van der Waals surface area contributed by atoms with Gasteiger partial charge in [0.2, 0.25) is 17.7 Å². The highest BCUT2D eigenvalue weighted by molar-refractivity contribution is 7.13. The molecule has 53 heavy (non-hydrogen) atoms. The Morgan fingerprint density at radius 2 is 1.79 bits per heavy atom. The van der Waals surface area contributed by atoms with Gasteiger partial charge in [0, 0.05) is 37.0 Å². The van der Waals surface area contributed by atoms with E-state index in [4.69, 9.17) is 0 Å². The third kappa shape index (κ3) is 8.96. The standard InChI is InChI=1S/C40H50BFN6O4S/c1-23(26-10-12-27(13-11-26)31-16-17-43-33-15-14-29(42)18-32(31)33)37(50)47-41-46-36(40(3,4)5)39(52)48-21-30(49)19-34(48)38(51)44-20-25-6-8-28(9-7-25)35-24(2)45-22-53-35/h6-9,14-18,22-23,26-27,30,34,36,41,46,49H,10-13,19-21H2,1-5H3,(H,44,51)(H,47,50). The van der Waals surface area contributed by atoms with Gasteiger partial charge >= 0.3 is 7.55 Å². The number of benzene rings is 2. The first kappa shape index (κ1) is 38.5. The number of aliphatic hydroxyl groups excluding tert-OH is 1. The molecule has 0 spiro atoms. The van der Waals surface area contributed by atoms with Gasteiger partial charge in [-0.1, -0.05) is 52.0 Å². The first-order valence-electron chi connectivity index (χ1n) is 18.6. The number of nitrogens with one attached hydrogen (secondary N) is 3. The smallest absolute Gasteiger partial charge is 0.321 e. The summed E-state index contributed by atoms with van der Waals surface area (Å²) in [7, 11) is 0.0884. The minimum absolute atomic E-state index is 0.0599. The van der Waals surface area contributed by atoms with Crippen LogP contribution in [0.2, 0.25) is 0 Å². The Bertz CT molecular complexity index is 1930. The number of carbonyl (C=O) groups excluding carboxylic acids is 3. The molecule has 2 aliphatic rings. The van der Waals surface area contributed by atoms with E-state index in [9.17, 15) is 23.9 Å². The van der Waals surface area contributed by atoms with Gasteiger partial charge < -0.3 is 25.8 Å². The molecule has 1 aliphatic heterocycles. The van der Waals surface area contributed by atoms with E-state index in [1.165, 1.54) is 11.0 Å². The number of thiazole rings is 1. The van der Waals surface area contributed by atoms with Crippen molar-refractivity contribution in [3.63, 3.8) is 0 Å². The summed E-state index contributed by atoms with van der Waals surface area (Å²) in [5.74, 6) is -0.677. The van der Waals surface area contributed by atoms with Crippen LogP contribution in [-0.4, -0.2) is 70.0 Å². The molecule has 0 bridgehead atoms. The number of fused-ring (bicyclic) bond motifs is 1. The zero-order valence-electron chi connectivity index (χ0n) is 31.2. The maximum atomic E-state index is 14.1. The van der Waals surface area contributed by atoms with Gasteiger partial charge in [0.25, 0.3) is 0 Å². The van der Waals surface area contributed by atoms with Crippen LogP contribution in [0.25, 0.3) is 21.3 Å². The molecule has 10 nitrogen and oxygen atoms in total. The summed E-state index contributed by atoms with van der Waals surface area (Å²) in [6.07, 6.45) is 4.71. The molecule has 1 saturated heterocycles. The van der Waals surface area contributed by atoms with Gasteiger partial charge in [-0.3, -0.25) is 19.4 Å². The Morgan fingerprint density at radius 3 is 2.47 bits per heavy atom. The second-order valence-corrected chi connectivity index (χ2v) is 16.6. The minimum Gasteiger partial charge on any atom is -0.391 e. The summed E-state index contributed by atoms with van der Waals surface area (Å²) in [5.41, 5.74) is 6.16. The molecule has 2 aromatic heterocycles. The van der Waals surface area contributed by atoms with E-state index in [-0.39, 0.29) is 61.8 Å². The molecule has 4 aromatic rings. The van der Waals surface area contributed by atoms with Crippen molar-refractivity contribution in [2.45, 2.75) is 97.4 Å². The number of halogens is 1. The lowest BCUT2D eigenvalue weighted by Gasteiger charge is -2.36. The van der Waals surface area contributed by atoms with Crippen molar-refractivity contribution in [1.82, 2.24) is 30.6 Å². The lowest BCUT2D eigenvalue weighted by molar-refractivity contribution is -0.141. The Kier molecular flexibility index (Phi) is 12.0. The van der Waals surface area contributed by atoms with Crippen LogP contribution in [-0.2, 0) is 20.9 Å². The minimum atomic E-state index is -0.814. The molecule has 0 radical (unpaired) electrons. The van der Waals surface area contributed by atoms with Crippen LogP contribution < -0.4 is 15.8 Å². The zero-order valence-corrected chi connectivity index (χ0v) is 32.0. The number of likely N-dealkylation sites (tertiary alicyclic amines) is 1. The molecule has 3 amide bonds. The fourth-order valence-corrected chi connectivity index (χ4v) is 8.75. The van der Waals surface area contributed by atoms with E-state index in [0.29, 0.717) is 6.54 Å². The van der Waals surface area contributed by atoms with E-state index in [1.807, 2.05) is 70.5 Å². The Hall–Kier alpha value is -4.20. The molecular formula is C40H50BFN6O4S. The van der Waals surface area contributed by atoms with Crippen molar-refractivity contribution in [2.75, 3.05) is 6.54 Å². The average molecular weight is 741 g/mol. The molecule has 1 aliphatic carbocycles. The van der Waals surface area contributed by atoms with Crippen LogP contribution in [0, 0.1) is 30.0 Å². The van der Waals surface area contributed by atoms with Gasteiger partial charge in [-0.25, -0.2) is 9.37 Å². The Balaban J connectivity index is 1.01. The van der Waals surface area contributed by atoms with Crippen molar-refractivity contribution in [1.29, 1.82) is 0 Å². The molecular weight excluding hydrogens is 690 g/mol. The first-order valence-corrected chi connectivity index (χ1v) is 19.5. The highest BCUT2D eigenvalue weighted by Crippen LogP contribution is 2.41. The van der Waals surface area contributed by atoms with E-state index < -0.39 is 23.6 Å². The number of carbonyl (C=O) groups is 3. The number of aromatic nitrogens is 2. The van der Waals surface area contributed by atoms with Crippen LogP contribution in [0.15, 0.2) is 60.2 Å². The summed E-state index contributed by atoms with van der Waals surface area (Å²) >= 11 is 1.59. The van der Waals surface area contributed by atoms with Crippen molar-refractivity contribution in [3.8, 4) is 10.4 Å². The van der Waals surface area contributed by atoms with Crippen molar-refractivity contribution < 1.29 is 23.9 Å². The van der Waals surface area contributed by atoms with E-state index in [2.05, 4.69) is 25.7 Å². The number of β-amino-alcohol motifs (C(OH)–C–C–N with tert-alkyl or cyclic N) is 1. The summed E-state index contributed by atoms with van der Waals surface area (Å²) in [4.78, 5) is 52.1. The lowest BCUT2D eigenvalue weighted by Crippen LogP contribution is -2.59. The predicted octanol–water partition coefficient (Wildman–Crippen LogP) is 5.38. The summed E-state index contributed by atoms with van der Waals surface area (Å²) in [5, 5.41) is 20.6. The van der Waals surface area contributed by atoms with Gasteiger partial charge in [-0.2, -0.15) is 0 Å². The summed E-state index contributed by atoms with van der Waals surface area (Å²) in [6, 6.07) is 13.1. The van der Waals surface area contributed by atoms with Crippen LogP contribution >= 0.6 is 11.3 Å². The van der Waals surface area contributed by atoms with Crippen molar-refractivity contribution >= 4 is 47.5 Å². The number of aryl methyl sites for hydroxylation is 1. The van der Waals surface area contributed by atoms with Gasteiger partial charge in [0.1, 0.15) is 11.9 Å². The summed E-state index contributed by atoms with van der Waals surface area (Å²) < 4.78 is 14.1. The Morgan fingerprint density at radius 1 is 1.06 bits per heavy atom. The van der Waals surface area contributed by atoms with E-state index in [1.54, 1.807) is 29.7 Å². The normalized spacial score (nSPS) is 21.6. The fraction of sp³-hybridized carbons (Fsp3) is 0.475. The van der Waals surface area contributed by atoms with Gasteiger partial charge in [-0.15, -0.1) is 11.3 Å². The van der Waals surface area contributed by atoms with Crippen molar-refractivity contribution in [2.24, 2.45) is 17.3 Å². The molecule has 4 unspecified atom stereocenters. The first-order chi connectivity index (χ1) is 25.3. The Labute approximate surface area is 315 Å². The quantitative estimate of drug-likeness (QED) is 0.152. The van der Waals surface area contributed by atoms with Crippen LogP contribution in [0.3, 0.4) is 0 Å². The molecule has 2 fully saturated rings. The molecule has 1 saturated carbocycles. The van der Waals surface area contributed by atoms with Crippen LogP contribution in [0.5, 0.6) is 0 Å².